The lowest BCUT2D eigenvalue weighted by Gasteiger charge is -2.23. The van der Waals surface area contributed by atoms with E-state index in [1.165, 1.54) is 19.1 Å². The van der Waals surface area contributed by atoms with Crippen LogP contribution in [0.1, 0.15) is 23.6 Å². The summed E-state index contributed by atoms with van der Waals surface area (Å²) in [4.78, 5) is 25.6. The smallest absolute Gasteiger partial charge is 0.224 e. The van der Waals surface area contributed by atoms with E-state index in [9.17, 15) is 14.0 Å². The predicted octanol–water partition coefficient (Wildman–Crippen LogP) is 3.15. The number of aryl methyl sites for hydroxylation is 2. The molecule has 132 valence electrons. The van der Waals surface area contributed by atoms with Crippen LogP contribution in [0, 0.1) is 19.7 Å². The van der Waals surface area contributed by atoms with E-state index in [0.29, 0.717) is 18.7 Å². The number of hydrogen-bond acceptors (Lipinski definition) is 2. The van der Waals surface area contributed by atoms with Crippen molar-refractivity contribution in [3.8, 4) is 0 Å². The van der Waals surface area contributed by atoms with Crippen molar-refractivity contribution >= 4 is 17.5 Å². The highest BCUT2D eigenvalue weighted by Gasteiger charge is 2.14. The summed E-state index contributed by atoms with van der Waals surface area (Å²) >= 11 is 0. The molecule has 4 nitrogen and oxygen atoms in total. The van der Waals surface area contributed by atoms with Crippen molar-refractivity contribution in [1.29, 1.82) is 0 Å². The Hall–Kier alpha value is -2.69. The Morgan fingerprint density at radius 3 is 2.56 bits per heavy atom. The summed E-state index contributed by atoms with van der Waals surface area (Å²) in [5.41, 5.74) is 3.55. The van der Waals surface area contributed by atoms with Crippen LogP contribution in [0.4, 0.5) is 10.1 Å². The second kappa shape index (κ2) is 8.42. The first-order valence-corrected chi connectivity index (χ1v) is 8.23. The Balaban J connectivity index is 1.94. The van der Waals surface area contributed by atoms with Crippen molar-refractivity contribution in [2.75, 3.05) is 18.0 Å². The Labute approximate surface area is 147 Å². The quantitative estimate of drug-likeness (QED) is 0.877. The average molecular weight is 342 g/mol. The fraction of sp³-hybridized carbons (Fsp3) is 0.300. The van der Waals surface area contributed by atoms with E-state index in [1.807, 2.05) is 32.0 Å². The summed E-state index contributed by atoms with van der Waals surface area (Å²) in [6.45, 7) is 6.15. The first kappa shape index (κ1) is 18.6. The van der Waals surface area contributed by atoms with Gasteiger partial charge in [0.2, 0.25) is 11.8 Å². The van der Waals surface area contributed by atoms with Gasteiger partial charge in [0.1, 0.15) is 5.82 Å². The number of anilines is 1. The number of carbonyl (C=O) groups excluding carboxylic acids is 2. The van der Waals surface area contributed by atoms with E-state index in [2.05, 4.69) is 5.32 Å². The molecule has 25 heavy (non-hydrogen) atoms. The summed E-state index contributed by atoms with van der Waals surface area (Å²) in [5, 5.41) is 2.78. The second-order valence-corrected chi connectivity index (χ2v) is 6.12. The van der Waals surface area contributed by atoms with Gasteiger partial charge in [-0.3, -0.25) is 9.59 Å². The summed E-state index contributed by atoms with van der Waals surface area (Å²) in [5.74, 6) is -0.633. The molecule has 5 heteroatoms. The van der Waals surface area contributed by atoms with Crippen molar-refractivity contribution in [3.63, 3.8) is 0 Å². The summed E-state index contributed by atoms with van der Waals surface area (Å²) in [6, 6.07) is 11.9. The molecule has 0 unspecified atom stereocenters. The zero-order valence-electron chi connectivity index (χ0n) is 14.8. The van der Waals surface area contributed by atoms with E-state index in [0.717, 1.165) is 16.8 Å². The summed E-state index contributed by atoms with van der Waals surface area (Å²) in [6.07, 6.45) is 0.112. The van der Waals surface area contributed by atoms with Gasteiger partial charge in [0.15, 0.2) is 0 Å². The highest BCUT2D eigenvalue weighted by Crippen LogP contribution is 2.21. The molecule has 2 rings (SSSR count). The molecule has 0 aliphatic carbocycles. The average Bonchev–Trinajstić information content (AvgIpc) is 2.54. The van der Waals surface area contributed by atoms with E-state index in [-0.39, 0.29) is 24.1 Å². The molecule has 0 aliphatic rings. The molecule has 2 amide bonds. The Morgan fingerprint density at radius 1 is 1.12 bits per heavy atom. The third kappa shape index (κ3) is 5.41. The number of amides is 2. The van der Waals surface area contributed by atoms with Gasteiger partial charge < -0.3 is 10.2 Å². The third-order valence-corrected chi connectivity index (χ3v) is 3.95. The fourth-order valence-electron chi connectivity index (χ4n) is 2.66. The van der Waals surface area contributed by atoms with Crippen LogP contribution in [0.15, 0.2) is 42.5 Å². The normalized spacial score (nSPS) is 10.4. The maximum Gasteiger partial charge on any atom is 0.224 e. The van der Waals surface area contributed by atoms with E-state index in [4.69, 9.17) is 0 Å². The molecule has 0 atom stereocenters. The first-order chi connectivity index (χ1) is 11.9. The van der Waals surface area contributed by atoms with Crippen LogP contribution in [0.5, 0.6) is 0 Å². The van der Waals surface area contributed by atoms with E-state index < -0.39 is 0 Å². The zero-order chi connectivity index (χ0) is 18.4. The van der Waals surface area contributed by atoms with Crippen LogP contribution in [0.3, 0.4) is 0 Å². The largest absolute Gasteiger partial charge is 0.354 e. The minimum absolute atomic E-state index is 0.0759. The Morgan fingerprint density at radius 2 is 1.88 bits per heavy atom. The van der Waals surface area contributed by atoms with Gasteiger partial charge in [0.05, 0.1) is 6.42 Å². The fourth-order valence-corrected chi connectivity index (χ4v) is 2.66. The van der Waals surface area contributed by atoms with Crippen molar-refractivity contribution in [2.45, 2.75) is 27.2 Å². The molecule has 1 N–H and O–H groups in total. The van der Waals surface area contributed by atoms with Crippen molar-refractivity contribution in [2.24, 2.45) is 0 Å². The standard InChI is InChI=1S/C20H23FN2O2/c1-14-7-8-15(2)19(11-14)23(16(3)24)10-9-22-20(25)13-17-5-4-6-18(21)12-17/h4-8,11-12H,9-10,13H2,1-3H3,(H,22,25). The number of benzene rings is 2. The molecule has 0 fully saturated rings. The molecule has 0 aromatic heterocycles. The van der Waals surface area contributed by atoms with Gasteiger partial charge in [-0.1, -0.05) is 24.3 Å². The number of nitrogens with zero attached hydrogens (tertiary/aromatic N) is 1. The lowest BCUT2D eigenvalue weighted by Crippen LogP contribution is -2.38. The van der Waals surface area contributed by atoms with Gasteiger partial charge in [-0.15, -0.1) is 0 Å². The molecule has 0 heterocycles. The minimum atomic E-state index is -0.358. The molecular weight excluding hydrogens is 319 g/mol. The van der Waals surface area contributed by atoms with Gasteiger partial charge in [-0.25, -0.2) is 4.39 Å². The Kier molecular flexibility index (Phi) is 6.28. The molecule has 0 saturated heterocycles. The summed E-state index contributed by atoms with van der Waals surface area (Å²) < 4.78 is 13.1. The van der Waals surface area contributed by atoms with Crippen molar-refractivity contribution < 1.29 is 14.0 Å². The van der Waals surface area contributed by atoms with Crippen LogP contribution in [0.2, 0.25) is 0 Å². The van der Waals surface area contributed by atoms with Crippen LogP contribution in [-0.2, 0) is 16.0 Å². The number of halogens is 1. The molecule has 2 aromatic carbocycles. The van der Waals surface area contributed by atoms with Gasteiger partial charge in [-0.05, 0) is 48.7 Å². The first-order valence-electron chi connectivity index (χ1n) is 8.23. The maximum atomic E-state index is 13.1. The molecule has 0 bridgehead atoms. The number of hydrogen-bond donors (Lipinski definition) is 1. The minimum Gasteiger partial charge on any atom is -0.354 e. The topological polar surface area (TPSA) is 49.4 Å². The molecule has 0 spiro atoms. The monoisotopic (exact) mass is 342 g/mol. The number of nitrogens with one attached hydrogen (secondary N) is 1. The summed E-state index contributed by atoms with van der Waals surface area (Å²) in [7, 11) is 0. The van der Waals surface area contributed by atoms with Gasteiger partial charge in [-0.2, -0.15) is 0 Å². The van der Waals surface area contributed by atoms with Gasteiger partial charge in [0.25, 0.3) is 0 Å². The number of rotatable bonds is 6. The van der Waals surface area contributed by atoms with Gasteiger partial charge in [0, 0.05) is 25.7 Å². The molecule has 0 radical (unpaired) electrons. The van der Waals surface area contributed by atoms with E-state index in [1.54, 1.807) is 17.0 Å². The zero-order valence-corrected chi connectivity index (χ0v) is 14.8. The lowest BCUT2D eigenvalue weighted by atomic mass is 10.1. The van der Waals surface area contributed by atoms with Crippen molar-refractivity contribution in [3.05, 3.63) is 65.0 Å². The highest BCUT2D eigenvalue weighted by molar-refractivity contribution is 5.92. The predicted molar refractivity (Wildman–Crippen MR) is 97.1 cm³/mol. The van der Waals surface area contributed by atoms with Crippen LogP contribution >= 0.6 is 0 Å². The number of carbonyl (C=O) groups is 2. The van der Waals surface area contributed by atoms with Crippen LogP contribution < -0.4 is 10.2 Å². The van der Waals surface area contributed by atoms with E-state index >= 15 is 0 Å². The highest BCUT2D eigenvalue weighted by atomic mass is 19.1. The molecule has 0 aliphatic heterocycles. The maximum absolute atomic E-state index is 13.1. The van der Waals surface area contributed by atoms with Crippen LogP contribution in [-0.4, -0.2) is 24.9 Å². The second-order valence-electron chi connectivity index (χ2n) is 6.12. The molecular formula is C20H23FN2O2. The third-order valence-electron chi connectivity index (χ3n) is 3.95. The Bertz CT molecular complexity index is 774. The van der Waals surface area contributed by atoms with Crippen LogP contribution in [0.25, 0.3) is 0 Å². The van der Waals surface area contributed by atoms with Crippen molar-refractivity contribution in [1.82, 2.24) is 5.32 Å². The lowest BCUT2D eigenvalue weighted by molar-refractivity contribution is -0.121. The SMILES string of the molecule is CC(=O)N(CCNC(=O)Cc1cccc(F)c1)c1cc(C)ccc1C. The van der Waals surface area contributed by atoms with Gasteiger partial charge >= 0.3 is 0 Å². The molecule has 0 saturated carbocycles. The molecule has 2 aromatic rings.